The molecule has 1 saturated carbocycles. The molecular formula is C14H17NO5S2. The van der Waals surface area contributed by atoms with Crippen LogP contribution in [-0.4, -0.2) is 49.1 Å². The Hall–Kier alpha value is -1.41. The number of thiophene rings is 1. The lowest BCUT2D eigenvalue weighted by atomic mass is 9.94. The second kappa shape index (κ2) is 5.34. The van der Waals surface area contributed by atoms with Crippen LogP contribution in [0.25, 0.3) is 0 Å². The Morgan fingerprint density at radius 1 is 1.36 bits per heavy atom. The van der Waals surface area contributed by atoms with Gasteiger partial charge in [-0.2, -0.15) is 0 Å². The molecule has 2 fully saturated rings. The minimum absolute atomic E-state index is 0.0227. The van der Waals surface area contributed by atoms with E-state index in [0.717, 1.165) is 36.9 Å². The van der Waals surface area contributed by atoms with Crippen molar-refractivity contribution in [3.63, 3.8) is 0 Å². The molecule has 1 aromatic rings. The van der Waals surface area contributed by atoms with Gasteiger partial charge in [-0.1, -0.05) is 6.42 Å². The first-order chi connectivity index (χ1) is 10.3. The van der Waals surface area contributed by atoms with E-state index < -0.39 is 21.8 Å². The Labute approximate surface area is 132 Å². The predicted octanol–water partition coefficient (Wildman–Crippen LogP) is 1.48. The van der Waals surface area contributed by atoms with Gasteiger partial charge in [0, 0.05) is 18.2 Å². The smallest absolute Gasteiger partial charge is 0.326 e. The summed E-state index contributed by atoms with van der Waals surface area (Å²) in [4.78, 5) is 25.6. The molecular weight excluding hydrogens is 326 g/mol. The van der Waals surface area contributed by atoms with Crippen LogP contribution in [0.5, 0.6) is 0 Å². The highest BCUT2D eigenvalue weighted by Crippen LogP contribution is 2.43. The number of carbonyl (C=O) groups is 2. The normalized spacial score (nSPS) is 27.9. The van der Waals surface area contributed by atoms with E-state index in [1.165, 1.54) is 16.3 Å². The lowest BCUT2D eigenvalue weighted by Crippen LogP contribution is -2.43. The fourth-order valence-electron chi connectivity index (χ4n) is 3.62. The number of amides is 1. The summed E-state index contributed by atoms with van der Waals surface area (Å²) >= 11 is 0.992. The van der Waals surface area contributed by atoms with Crippen molar-refractivity contribution in [2.75, 3.05) is 12.8 Å². The average Bonchev–Trinajstić information content (AvgIpc) is 3.11. The Bertz CT molecular complexity index is 723. The third-order valence-corrected chi connectivity index (χ3v) is 7.36. The summed E-state index contributed by atoms with van der Waals surface area (Å²) in [6, 6.07) is 0.552. The largest absolute Gasteiger partial charge is 0.480 e. The number of carboxylic acid groups (broad SMARTS) is 1. The molecule has 1 aliphatic carbocycles. The van der Waals surface area contributed by atoms with Crippen LogP contribution in [0.4, 0.5) is 0 Å². The van der Waals surface area contributed by atoms with E-state index in [2.05, 4.69) is 0 Å². The number of hydrogen-bond acceptors (Lipinski definition) is 5. The summed E-state index contributed by atoms with van der Waals surface area (Å²) in [7, 11) is -3.35. The molecule has 0 radical (unpaired) electrons. The number of carbonyl (C=O) groups excluding carboxylic acids is 1. The molecule has 1 aromatic heterocycles. The van der Waals surface area contributed by atoms with E-state index in [9.17, 15) is 23.1 Å². The topological polar surface area (TPSA) is 91.8 Å². The zero-order valence-corrected chi connectivity index (χ0v) is 13.7. The number of sulfone groups is 1. The number of aliphatic carboxylic acids is 1. The van der Waals surface area contributed by atoms with E-state index in [-0.39, 0.29) is 27.5 Å². The fourth-order valence-corrected chi connectivity index (χ4v) is 5.41. The van der Waals surface area contributed by atoms with Crippen molar-refractivity contribution in [2.45, 2.75) is 29.5 Å². The molecule has 6 nitrogen and oxygen atoms in total. The number of nitrogens with zero attached hydrogens (tertiary/aromatic N) is 1. The summed E-state index contributed by atoms with van der Waals surface area (Å²) in [6.07, 6.45) is 3.89. The van der Waals surface area contributed by atoms with Crippen LogP contribution in [0.1, 0.15) is 29.6 Å². The first-order valence-electron chi connectivity index (χ1n) is 7.11. The van der Waals surface area contributed by atoms with Crippen molar-refractivity contribution in [3.05, 3.63) is 17.0 Å². The van der Waals surface area contributed by atoms with Gasteiger partial charge < -0.3 is 10.0 Å². The molecule has 1 amide bonds. The van der Waals surface area contributed by atoms with Crippen molar-refractivity contribution in [2.24, 2.45) is 11.8 Å². The molecule has 0 aromatic carbocycles. The lowest BCUT2D eigenvalue weighted by molar-refractivity contribution is -0.142. The average molecular weight is 343 g/mol. The van der Waals surface area contributed by atoms with Crippen molar-refractivity contribution < 1.29 is 23.1 Å². The molecule has 1 saturated heterocycles. The van der Waals surface area contributed by atoms with Crippen molar-refractivity contribution in [3.8, 4) is 0 Å². The fraction of sp³-hybridized carbons (Fsp3) is 0.571. The van der Waals surface area contributed by atoms with E-state index in [1.54, 1.807) is 0 Å². The maximum atomic E-state index is 12.6. The molecule has 1 aliphatic heterocycles. The first kappa shape index (κ1) is 15.5. The SMILES string of the molecule is CS(=O)(=O)c1cc(C(=O)N2CC3CCCC3C2C(=O)O)cs1. The van der Waals surface area contributed by atoms with Gasteiger partial charge in [0.1, 0.15) is 10.3 Å². The minimum atomic E-state index is -3.35. The third kappa shape index (κ3) is 2.54. The second-order valence-corrected chi connectivity index (χ2v) is 9.18. The van der Waals surface area contributed by atoms with Crippen molar-refractivity contribution in [1.29, 1.82) is 0 Å². The minimum Gasteiger partial charge on any atom is -0.480 e. The number of hydrogen-bond donors (Lipinski definition) is 1. The molecule has 120 valence electrons. The lowest BCUT2D eigenvalue weighted by Gasteiger charge is -2.24. The zero-order valence-electron chi connectivity index (χ0n) is 12.1. The summed E-state index contributed by atoms with van der Waals surface area (Å²) < 4.78 is 23.2. The number of fused-ring (bicyclic) bond motifs is 1. The van der Waals surface area contributed by atoms with Gasteiger partial charge in [0.05, 0.1) is 5.56 Å². The standard InChI is InChI=1S/C14H17NO5S2/c1-22(19,20)11-5-9(7-21-11)13(16)15-6-8-3-2-4-10(8)12(15)14(17)18/h5,7-8,10,12H,2-4,6H2,1H3,(H,17,18). The molecule has 2 heterocycles. The summed E-state index contributed by atoms with van der Waals surface area (Å²) in [6.45, 7) is 0.449. The summed E-state index contributed by atoms with van der Waals surface area (Å²) in [5.41, 5.74) is 0.261. The van der Waals surface area contributed by atoms with Crippen LogP contribution in [0.15, 0.2) is 15.7 Å². The molecule has 0 bridgehead atoms. The van der Waals surface area contributed by atoms with Crippen molar-refractivity contribution in [1.82, 2.24) is 4.90 Å². The first-order valence-corrected chi connectivity index (χ1v) is 9.88. The highest BCUT2D eigenvalue weighted by Gasteiger charge is 2.49. The molecule has 22 heavy (non-hydrogen) atoms. The maximum absolute atomic E-state index is 12.6. The van der Waals surface area contributed by atoms with Gasteiger partial charge in [-0.05, 0) is 30.7 Å². The van der Waals surface area contributed by atoms with Crippen LogP contribution in [0, 0.1) is 11.8 Å². The van der Waals surface area contributed by atoms with Gasteiger partial charge in [-0.3, -0.25) is 4.79 Å². The van der Waals surface area contributed by atoms with Crippen LogP contribution in [0.3, 0.4) is 0 Å². The van der Waals surface area contributed by atoms with E-state index in [1.807, 2.05) is 0 Å². The quantitative estimate of drug-likeness (QED) is 0.897. The zero-order chi connectivity index (χ0) is 16.1. The van der Waals surface area contributed by atoms with Crippen LogP contribution in [-0.2, 0) is 14.6 Å². The number of rotatable bonds is 3. The molecule has 8 heteroatoms. The molecule has 3 rings (SSSR count). The van der Waals surface area contributed by atoms with E-state index >= 15 is 0 Å². The Morgan fingerprint density at radius 2 is 2.09 bits per heavy atom. The number of carboxylic acids is 1. The molecule has 3 unspecified atom stereocenters. The Morgan fingerprint density at radius 3 is 2.68 bits per heavy atom. The number of likely N-dealkylation sites (tertiary alicyclic amines) is 1. The molecule has 3 atom stereocenters. The van der Waals surface area contributed by atoms with Gasteiger partial charge in [0.2, 0.25) is 0 Å². The molecule has 2 aliphatic rings. The second-order valence-electron chi connectivity index (χ2n) is 6.02. The van der Waals surface area contributed by atoms with Crippen LogP contribution < -0.4 is 0 Å². The third-order valence-electron chi connectivity index (χ3n) is 4.59. The van der Waals surface area contributed by atoms with Gasteiger partial charge in [0.25, 0.3) is 5.91 Å². The molecule has 1 N–H and O–H groups in total. The van der Waals surface area contributed by atoms with Gasteiger partial charge in [-0.15, -0.1) is 11.3 Å². The van der Waals surface area contributed by atoms with E-state index in [0.29, 0.717) is 6.54 Å². The van der Waals surface area contributed by atoms with Gasteiger partial charge in [0.15, 0.2) is 9.84 Å². The predicted molar refractivity (Wildman–Crippen MR) is 80.7 cm³/mol. The summed E-state index contributed by atoms with van der Waals surface area (Å²) in [5, 5.41) is 11.0. The maximum Gasteiger partial charge on any atom is 0.326 e. The van der Waals surface area contributed by atoms with Crippen molar-refractivity contribution >= 4 is 33.1 Å². The highest BCUT2D eigenvalue weighted by atomic mass is 32.2. The van der Waals surface area contributed by atoms with E-state index in [4.69, 9.17) is 0 Å². The van der Waals surface area contributed by atoms with Gasteiger partial charge in [-0.25, -0.2) is 13.2 Å². The Kier molecular flexibility index (Phi) is 3.76. The van der Waals surface area contributed by atoms with Gasteiger partial charge >= 0.3 is 5.97 Å². The van der Waals surface area contributed by atoms with Crippen LogP contribution in [0.2, 0.25) is 0 Å². The molecule has 0 spiro atoms. The van der Waals surface area contributed by atoms with Crippen LogP contribution >= 0.6 is 11.3 Å². The monoisotopic (exact) mass is 343 g/mol. The Balaban J connectivity index is 1.88. The highest BCUT2D eigenvalue weighted by molar-refractivity contribution is 7.92. The summed E-state index contributed by atoms with van der Waals surface area (Å²) in [5.74, 6) is -1.08.